The van der Waals surface area contributed by atoms with Crippen molar-refractivity contribution in [2.45, 2.75) is 25.8 Å². The van der Waals surface area contributed by atoms with E-state index in [0.717, 1.165) is 17.8 Å². The van der Waals surface area contributed by atoms with E-state index in [0.29, 0.717) is 0 Å². The van der Waals surface area contributed by atoms with Gasteiger partial charge in [-0.25, -0.2) is 4.79 Å². The highest BCUT2D eigenvalue weighted by molar-refractivity contribution is 5.97. The summed E-state index contributed by atoms with van der Waals surface area (Å²) < 4.78 is 4.64. The summed E-state index contributed by atoms with van der Waals surface area (Å²) in [5.74, 6) is 0.623. The monoisotopic (exact) mass is 247 g/mol. The maximum absolute atomic E-state index is 11.2. The van der Waals surface area contributed by atoms with Crippen molar-refractivity contribution in [3.63, 3.8) is 0 Å². The average molecular weight is 247 g/mol. The molecule has 1 aliphatic rings. The van der Waals surface area contributed by atoms with E-state index in [-0.39, 0.29) is 18.1 Å². The number of methoxy groups -OCH3 is 1. The lowest BCUT2D eigenvalue weighted by Crippen LogP contribution is -2.80. The van der Waals surface area contributed by atoms with Crippen molar-refractivity contribution < 1.29 is 14.5 Å². The van der Waals surface area contributed by atoms with Crippen LogP contribution in [0.25, 0.3) is 0 Å². The van der Waals surface area contributed by atoms with Crippen molar-refractivity contribution in [3.8, 4) is 0 Å². The van der Waals surface area contributed by atoms with Gasteiger partial charge in [0.15, 0.2) is 6.54 Å². The van der Waals surface area contributed by atoms with Gasteiger partial charge in [-0.3, -0.25) is 10.3 Å². The minimum Gasteiger partial charge on any atom is -0.466 e. The van der Waals surface area contributed by atoms with Crippen molar-refractivity contribution >= 4 is 11.8 Å². The fourth-order valence-corrected chi connectivity index (χ4v) is 2.22. The Bertz CT molecular complexity index is 492. The molecule has 1 aromatic carbocycles. The van der Waals surface area contributed by atoms with Gasteiger partial charge in [0.05, 0.1) is 12.7 Å². The smallest absolute Gasteiger partial charge is 0.347 e. The van der Waals surface area contributed by atoms with Gasteiger partial charge in [-0.15, -0.1) is 0 Å². The van der Waals surface area contributed by atoms with E-state index in [1.807, 2.05) is 12.1 Å². The number of rotatable bonds is 2. The number of carbonyl (C=O) groups excluding carboxylic acids is 1. The quantitative estimate of drug-likeness (QED) is 0.700. The third kappa shape index (κ3) is 2.70. The number of nitrogens with one attached hydrogen (secondary N) is 2. The fourth-order valence-electron chi connectivity index (χ4n) is 2.22. The molecule has 0 aliphatic carbocycles. The number of amidine groups is 1. The molecule has 0 radical (unpaired) electrons. The van der Waals surface area contributed by atoms with Crippen LogP contribution in [0.1, 0.15) is 25.0 Å². The van der Waals surface area contributed by atoms with E-state index in [1.165, 1.54) is 12.7 Å². The molecule has 0 fully saturated rings. The molecule has 4 nitrogen and oxygen atoms in total. The second kappa shape index (κ2) is 4.80. The normalized spacial score (nSPS) is 18.9. The summed E-state index contributed by atoms with van der Waals surface area (Å²) in [4.78, 5) is 14.3. The first-order valence-corrected chi connectivity index (χ1v) is 6.06. The minimum absolute atomic E-state index is 0.0210. The lowest BCUT2D eigenvalue weighted by atomic mass is 9.87. The van der Waals surface area contributed by atoms with Crippen LogP contribution in [0.5, 0.6) is 0 Å². The second-order valence-corrected chi connectivity index (χ2v) is 5.15. The van der Waals surface area contributed by atoms with E-state index in [4.69, 9.17) is 0 Å². The SMILES string of the molecule is COC(=O)C[NH+]=C1NC(C)(C)Cc2ccccc21. The number of fused-ring (bicyclic) bond motifs is 1. The highest BCUT2D eigenvalue weighted by atomic mass is 16.5. The van der Waals surface area contributed by atoms with E-state index in [1.54, 1.807) is 0 Å². The van der Waals surface area contributed by atoms with Gasteiger partial charge < -0.3 is 4.74 Å². The summed E-state index contributed by atoms with van der Waals surface area (Å²) >= 11 is 0. The number of carbonyl (C=O) groups is 1. The zero-order chi connectivity index (χ0) is 13.2. The average Bonchev–Trinajstić information content (AvgIpc) is 2.34. The van der Waals surface area contributed by atoms with E-state index >= 15 is 0 Å². The number of benzene rings is 1. The predicted octanol–water partition coefficient (Wildman–Crippen LogP) is -0.389. The van der Waals surface area contributed by atoms with Crippen molar-refractivity contribution in [2.75, 3.05) is 13.7 Å². The lowest BCUT2D eigenvalue weighted by Gasteiger charge is -2.28. The highest BCUT2D eigenvalue weighted by Gasteiger charge is 2.33. The van der Waals surface area contributed by atoms with Gasteiger partial charge in [-0.1, -0.05) is 18.2 Å². The van der Waals surface area contributed by atoms with Crippen LogP contribution in [-0.4, -0.2) is 31.0 Å². The second-order valence-electron chi connectivity index (χ2n) is 5.15. The molecule has 0 amide bonds. The van der Waals surface area contributed by atoms with Gasteiger partial charge in [0.1, 0.15) is 5.54 Å². The van der Waals surface area contributed by atoms with Gasteiger partial charge in [0.25, 0.3) is 5.84 Å². The third-order valence-electron chi connectivity index (χ3n) is 3.02. The molecule has 2 N–H and O–H groups in total. The predicted molar refractivity (Wildman–Crippen MR) is 69.3 cm³/mol. The molecule has 96 valence electrons. The minimum atomic E-state index is -0.273. The molecule has 18 heavy (non-hydrogen) atoms. The van der Waals surface area contributed by atoms with Crippen LogP contribution in [0.4, 0.5) is 0 Å². The Kier molecular flexibility index (Phi) is 3.36. The molecule has 1 aromatic rings. The van der Waals surface area contributed by atoms with Crippen molar-refractivity contribution in [1.29, 1.82) is 0 Å². The molecule has 0 saturated carbocycles. The molecular weight excluding hydrogens is 228 g/mol. The first kappa shape index (κ1) is 12.6. The van der Waals surface area contributed by atoms with E-state index < -0.39 is 0 Å². The first-order valence-electron chi connectivity index (χ1n) is 6.06. The Morgan fingerprint density at radius 2 is 2.17 bits per heavy atom. The molecule has 0 saturated heterocycles. The number of hydrogen-bond donors (Lipinski definition) is 2. The summed E-state index contributed by atoms with van der Waals surface area (Å²) in [5.41, 5.74) is 2.39. The molecule has 2 rings (SSSR count). The summed E-state index contributed by atoms with van der Waals surface area (Å²) in [5, 5.41) is 3.43. The number of esters is 1. The molecule has 4 heteroatoms. The van der Waals surface area contributed by atoms with Crippen molar-refractivity contribution in [1.82, 2.24) is 5.32 Å². The third-order valence-corrected chi connectivity index (χ3v) is 3.02. The zero-order valence-electron chi connectivity index (χ0n) is 11.0. The van der Waals surface area contributed by atoms with E-state index in [2.05, 4.69) is 41.0 Å². The molecule has 0 atom stereocenters. The Morgan fingerprint density at radius 1 is 1.44 bits per heavy atom. The molecule has 0 spiro atoms. The van der Waals surface area contributed by atoms with Crippen molar-refractivity contribution in [2.24, 2.45) is 0 Å². The Labute approximate surface area is 107 Å². The molecule has 0 bridgehead atoms. The Hall–Kier alpha value is -1.84. The standard InChI is InChI=1S/C14H18N2O2/c1-14(2)8-10-6-4-5-7-11(10)13(16-14)15-9-12(17)18-3/h4-7H,8-9H2,1-3H3,(H,15,16)/p+1. The van der Waals surface area contributed by atoms with Gasteiger partial charge in [0, 0.05) is 6.42 Å². The van der Waals surface area contributed by atoms with Crippen LogP contribution in [0.15, 0.2) is 24.3 Å². The summed E-state index contributed by atoms with van der Waals surface area (Å²) in [6.07, 6.45) is 0.965. The summed E-state index contributed by atoms with van der Waals surface area (Å²) in [6.45, 7) is 4.45. The van der Waals surface area contributed by atoms with Gasteiger partial charge in [-0.2, -0.15) is 0 Å². The maximum Gasteiger partial charge on any atom is 0.347 e. The molecular formula is C14H19N2O2+. The number of hydrogen-bond acceptors (Lipinski definition) is 2. The molecule has 0 unspecified atom stereocenters. The maximum atomic E-state index is 11.2. The Morgan fingerprint density at radius 3 is 2.89 bits per heavy atom. The molecule has 0 aromatic heterocycles. The molecule has 1 heterocycles. The van der Waals surface area contributed by atoms with Gasteiger partial charge in [0.2, 0.25) is 0 Å². The fraction of sp³-hybridized carbons (Fsp3) is 0.429. The Balaban J connectivity index is 2.33. The highest BCUT2D eigenvalue weighted by Crippen LogP contribution is 2.21. The van der Waals surface area contributed by atoms with Gasteiger partial charge >= 0.3 is 5.97 Å². The summed E-state index contributed by atoms with van der Waals surface area (Å²) in [6, 6.07) is 8.21. The largest absolute Gasteiger partial charge is 0.466 e. The van der Waals surface area contributed by atoms with Crippen molar-refractivity contribution in [3.05, 3.63) is 35.4 Å². The van der Waals surface area contributed by atoms with Crippen LogP contribution < -0.4 is 10.3 Å². The zero-order valence-corrected chi connectivity index (χ0v) is 11.0. The topological polar surface area (TPSA) is 52.3 Å². The molecule has 1 aliphatic heterocycles. The van der Waals surface area contributed by atoms with Gasteiger partial charge in [-0.05, 0) is 25.5 Å². The number of ether oxygens (including phenoxy) is 1. The van der Waals surface area contributed by atoms with E-state index in [9.17, 15) is 4.79 Å². The van der Waals surface area contributed by atoms with Crippen LogP contribution in [0, 0.1) is 0 Å². The van der Waals surface area contributed by atoms with Crippen LogP contribution >= 0.6 is 0 Å². The first-order chi connectivity index (χ1) is 8.52. The summed E-state index contributed by atoms with van der Waals surface area (Å²) in [7, 11) is 1.39. The lowest BCUT2D eigenvalue weighted by molar-refractivity contribution is -0.449. The van der Waals surface area contributed by atoms with Crippen LogP contribution in [-0.2, 0) is 16.0 Å². The van der Waals surface area contributed by atoms with Crippen LogP contribution in [0.2, 0.25) is 0 Å². The van der Waals surface area contributed by atoms with Crippen LogP contribution in [0.3, 0.4) is 0 Å².